The molecule has 0 atom stereocenters. The molecule has 1 aromatic heterocycles. The Balaban J connectivity index is 1.48. The van der Waals surface area contributed by atoms with Gasteiger partial charge in [0.25, 0.3) is 5.91 Å². The molecule has 0 bridgehead atoms. The largest absolute Gasteiger partial charge is 0.363 e. The lowest BCUT2D eigenvalue weighted by Crippen LogP contribution is -2.52. The Morgan fingerprint density at radius 1 is 0.962 bits per heavy atom. The van der Waals surface area contributed by atoms with Crippen LogP contribution in [0.3, 0.4) is 0 Å². The quantitative estimate of drug-likeness (QED) is 0.800. The number of aromatic nitrogens is 1. The minimum atomic E-state index is 0.0183. The number of carbonyl (C=O) groups is 2. The number of amides is 2. The fourth-order valence-corrected chi connectivity index (χ4v) is 3.50. The first kappa shape index (κ1) is 18.6. The van der Waals surface area contributed by atoms with Gasteiger partial charge in [-0.3, -0.25) is 14.5 Å². The van der Waals surface area contributed by atoms with Crippen LogP contribution in [0.2, 0.25) is 0 Å². The van der Waals surface area contributed by atoms with Gasteiger partial charge in [0.05, 0.1) is 12.1 Å². The van der Waals surface area contributed by atoms with Gasteiger partial charge in [-0.05, 0) is 31.4 Å². The summed E-state index contributed by atoms with van der Waals surface area (Å²) < 4.78 is 0. The molecule has 0 aromatic carbocycles. The summed E-state index contributed by atoms with van der Waals surface area (Å²) >= 11 is 0. The smallest absolute Gasteiger partial charge is 0.255 e. The van der Waals surface area contributed by atoms with E-state index in [0.29, 0.717) is 25.2 Å². The number of hydrogen-bond acceptors (Lipinski definition) is 5. The zero-order valence-corrected chi connectivity index (χ0v) is 15.9. The maximum absolute atomic E-state index is 12.6. The first-order valence-corrected chi connectivity index (χ1v) is 9.47. The number of carbonyl (C=O) groups excluding carboxylic acids is 2. The molecule has 0 saturated carbocycles. The van der Waals surface area contributed by atoms with Crippen LogP contribution >= 0.6 is 0 Å². The van der Waals surface area contributed by atoms with E-state index in [2.05, 4.69) is 9.88 Å². The molecule has 3 rings (SSSR count). The number of likely N-dealkylation sites (tertiary alicyclic amines) is 1. The molecule has 0 unspecified atom stereocenters. The molecule has 0 radical (unpaired) electrons. The van der Waals surface area contributed by atoms with Crippen molar-refractivity contribution in [1.82, 2.24) is 19.7 Å². The summed E-state index contributed by atoms with van der Waals surface area (Å²) in [7, 11) is 3.85. The number of piperazine rings is 1. The van der Waals surface area contributed by atoms with Gasteiger partial charge in [0.15, 0.2) is 0 Å². The molecule has 0 aliphatic carbocycles. The van der Waals surface area contributed by atoms with Crippen LogP contribution < -0.4 is 4.90 Å². The topological polar surface area (TPSA) is 60.0 Å². The molecule has 2 amide bonds. The van der Waals surface area contributed by atoms with Crippen molar-refractivity contribution in [2.24, 2.45) is 0 Å². The van der Waals surface area contributed by atoms with Crippen LogP contribution in [0.5, 0.6) is 0 Å². The van der Waals surface area contributed by atoms with Crippen molar-refractivity contribution in [3.63, 3.8) is 0 Å². The minimum Gasteiger partial charge on any atom is -0.363 e. The van der Waals surface area contributed by atoms with Crippen molar-refractivity contribution in [1.29, 1.82) is 0 Å². The highest BCUT2D eigenvalue weighted by atomic mass is 16.2. The van der Waals surface area contributed by atoms with Crippen molar-refractivity contribution >= 4 is 17.6 Å². The van der Waals surface area contributed by atoms with E-state index in [1.165, 1.54) is 6.42 Å². The third kappa shape index (κ3) is 4.52. The van der Waals surface area contributed by atoms with Crippen molar-refractivity contribution in [3.05, 3.63) is 23.9 Å². The maximum atomic E-state index is 12.6. The molecular weight excluding hydrogens is 330 g/mol. The summed E-state index contributed by atoms with van der Waals surface area (Å²) in [5, 5.41) is 0. The monoisotopic (exact) mass is 359 g/mol. The Bertz CT molecular complexity index is 617. The fraction of sp³-hybridized carbons (Fsp3) is 0.632. The number of rotatable bonds is 4. The second kappa shape index (κ2) is 8.49. The molecule has 0 spiro atoms. The molecule has 2 saturated heterocycles. The van der Waals surface area contributed by atoms with Crippen molar-refractivity contribution in [3.8, 4) is 0 Å². The summed E-state index contributed by atoms with van der Waals surface area (Å²) in [6, 6.07) is 3.69. The molecule has 2 aliphatic heterocycles. The number of piperidine rings is 1. The van der Waals surface area contributed by atoms with Gasteiger partial charge >= 0.3 is 0 Å². The summed E-state index contributed by atoms with van der Waals surface area (Å²) in [6.45, 7) is 5.06. The van der Waals surface area contributed by atoms with E-state index in [0.717, 1.165) is 44.8 Å². The van der Waals surface area contributed by atoms with Gasteiger partial charge in [0, 0.05) is 59.6 Å². The lowest BCUT2D eigenvalue weighted by atomic mass is 10.1. The van der Waals surface area contributed by atoms with Gasteiger partial charge in [-0.1, -0.05) is 0 Å². The number of pyridine rings is 1. The van der Waals surface area contributed by atoms with E-state index in [1.54, 1.807) is 6.20 Å². The van der Waals surface area contributed by atoms with Crippen LogP contribution in [0.4, 0.5) is 5.82 Å². The Morgan fingerprint density at radius 3 is 2.23 bits per heavy atom. The third-order valence-corrected chi connectivity index (χ3v) is 5.18. The highest BCUT2D eigenvalue weighted by molar-refractivity contribution is 5.94. The third-order valence-electron chi connectivity index (χ3n) is 5.18. The molecule has 7 heteroatoms. The van der Waals surface area contributed by atoms with E-state index in [-0.39, 0.29) is 11.8 Å². The zero-order chi connectivity index (χ0) is 18.5. The number of anilines is 1. The van der Waals surface area contributed by atoms with Crippen molar-refractivity contribution < 1.29 is 9.59 Å². The number of hydrogen-bond donors (Lipinski definition) is 0. The summed E-state index contributed by atoms with van der Waals surface area (Å²) in [5.74, 6) is 1.08. The van der Waals surface area contributed by atoms with Gasteiger partial charge in [0.2, 0.25) is 5.91 Å². The summed E-state index contributed by atoms with van der Waals surface area (Å²) in [4.78, 5) is 37.2. The van der Waals surface area contributed by atoms with Crippen LogP contribution in [0, 0.1) is 0 Å². The Labute approximate surface area is 155 Å². The van der Waals surface area contributed by atoms with Gasteiger partial charge in [-0.15, -0.1) is 0 Å². The first-order chi connectivity index (χ1) is 12.5. The Kier molecular flexibility index (Phi) is 6.08. The molecule has 142 valence electrons. The van der Waals surface area contributed by atoms with Crippen LogP contribution in [0.15, 0.2) is 18.3 Å². The van der Waals surface area contributed by atoms with Gasteiger partial charge in [0.1, 0.15) is 5.82 Å². The van der Waals surface area contributed by atoms with Gasteiger partial charge in [-0.25, -0.2) is 4.98 Å². The highest BCUT2D eigenvalue weighted by Crippen LogP contribution is 2.13. The van der Waals surface area contributed by atoms with Crippen LogP contribution in [0.1, 0.15) is 29.6 Å². The summed E-state index contributed by atoms with van der Waals surface area (Å²) in [6.07, 6.45) is 5.11. The van der Waals surface area contributed by atoms with Crippen LogP contribution in [-0.2, 0) is 4.79 Å². The molecule has 7 nitrogen and oxygen atoms in total. The second-order valence-electron chi connectivity index (χ2n) is 7.31. The SMILES string of the molecule is CN(C)c1ccc(C(=O)N2CCN(CC(=O)N3CCCCC3)CC2)cn1. The number of nitrogens with zero attached hydrogens (tertiary/aromatic N) is 5. The molecule has 1 aromatic rings. The maximum Gasteiger partial charge on any atom is 0.255 e. The predicted octanol–water partition coefficient (Wildman–Crippen LogP) is 0.918. The molecule has 2 aliphatic rings. The van der Waals surface area contributed by atoms with E-state index < -0.39 is 0 Å². The molecular formula is C19H29N5O2. The first-order valence-electron chi connectivity index (χ1n) is 9.47. The molecule has 3 heterocycles. The second-order valence-corrected chi connectivity index (χ2v) is 7.31. The van der Waals surface area contributed by atoms with E-state index in [9.17, 15) is 9.59 Å². The standard InChI is InChI=1S/C19H29N5O2/c1-21(2)17-7-6-16(14-20-17)19(26)24-12-10-22(11-13-24)15-18(25)23-8-4-3-5-9-23/h6-7,14H,3-5,8-13,15H2,1-2H3. The van der Waals surface area contributed by atoms with E-state index in [1.807, 2.05) is 40.9 Å². The van der Waals surface area contributed by atoms with E-state index >= 15 is 0 Å². The predicted molar refractivity (Wildman–Crippen MR) is 101 cm³/mol. The zero-order valence-electron chi connectivity index (χ0n) is 15.9. The lowest BCUT2D eigenvalue weighted by Gasteiger charge is -2.36. The Morgan fingerprint density at radius 2 is 1.65 bits per heavy atom. The average molecular weight is 359 g/mol. The van der Waals surface area contributed by atoms with Crippen LogP contribution in [-0.4, -0.2) is 91.4 Å². The minimum absolute atomic E-state index is 0.0183. The summed E-state index contributed by atoms with van der Waals surface area (Å²) in [5.41, 5.74) is 0.619. The normalized spacial score (nSPS) is 18.7. The lowest BCUT2D eigenvalue weighted by molar-refractivity contribution is -0.133. The van der Waals surface area contributed by atoms with Gasteiger partial charge < -0.3 is 14.7 Å². The van der Waals surface area contributed by atoms with Crippen molar-refractivity contribution in [2.45, 2.75) is 19.3 Å². The van der Waals surface area contributed by atoms with Crippen LogP contribution in [0.25, 0.3) is 0 Å². The molecule has 0 N–H and O–H groups in total. The average Bonchev–Trinajstić information content (AvgIpc) is 2.69. The van der Waals surface area contributed by atoms with E-state index in [4.69, 9.17) is 0 Å². The molecule has 2 fully saturated rings. The fourth-order valence-electron chi connectivity index (χ4n) is 3.50. The van der Waals surface area contributed by atoms with Crippen molar-refractivity contribution in [2.75, 3.05) is 64.8 Å². The molecule has 26 heavy (non-hydrogen) atoms. The van der Waals surface area contributed by atoms with Gasteiger partial charge in [-0.2, -0.15) is 0 Å². The highest BCUT2D eigenvalue weighted by Gasteiger charge is 2.25. The Hall–Kier alpha value is -2.15.